The molecular weight excluding hydrogens is 216 g/mol. The monoisotopic (exact) mass is 236 g/mol. The Labute approximate surface area is 103 Å². The van der Waals surface area contributed by atoms with Gasteiger partial charge in [0.1, 0.15) is 6.61 Å². The Bertz CT molecular complexity index is 319. The molecule has 0 fully saturated rings. The van der Waals surface area contributed by atoms with E-state index in [-0.39, 0.29) is 12.1 Å². The topological polar surface area (TPSA) is 35.5 Å². The Balaban J connectivity index is 2.09. The van der Waals surface area contributed by atoms with E-state index in [1.54, 1.807) is 0 Å². The number of ether oxygens (including phenoxy) is 2. The van der Waals surface area contributed by atoms with E-state index in [9.17, 15) is 4.79 Å². The van der Waals surface area contributed by atoms with Crippen LogP contribution in [0.25, 0.3) is 0 Å². The second-order valence-electron chi connectivity index (χ2n) is 4.13. The fraction of sp³-hybridized carbons (Fsp3) is 0.500. The zero-order chi connectivity index (χ0) is 12.5. The molecule has 0 aromatic heterocycles. The zero-order valence-corrected chi connectivity index (χ0v) is 10.5. The molecule has 0 bridgehead atoms. The van der Waals surface area contributed by atoms with E-state index < -0.39 is 0 Å². The normalized spacial score (nSPS) is 10.5. The standard InChI is InChI=1S/C14H20O3/c1-12(2)16-10-11-17-14(15)9-8-13-6-4-3-5-7-13/h3-7,12H,8-11H2,1-2H3. The predicted octanol–water partition coefficient (Wildman–Crippen LogP) is 2.59. The van der Waals surface area contributed by atoms with Crippen molar-refractivity contribution in [1.82, 2.24) is 0 Å². The van der Waals surface area contributed by atoms with E-state index in [2.05, 4.69) is 0 Å². The van der Waals surface area contributed by atoms with Crippen molar-refractivity contribution >= 4 is 5.97 Å². The summed E-state index contributed by atoms with van der Waals surface area (Å²) in [6.45, 7) is 4.72. The highest BCUT2D eigenvalue weighted by Crippen LogP contribution is 2.03. The van der Waals surface area contributed by atoms with E-state index in [0.29, 0.717) is 19.6 Å². The van der Waals surface area contributed by atoms with Crippen LogP contribution in [-0.4, -0.2) is 25.3 Å². The summed E-state index contributed by atoms with van der Waals surface area (Å²) >= 11 is 0. The molecule has 0 aliphatic heterocycles. The van der Waals surface area contributed by atoms with Crippen LogP contribution in [0.5, 0.6) is 0 Å². The first-order valence-corrected chi connectivity index (χ1v) is 5.99. The maximum Gasteiger partial charge on any atom is 0.306 e. The third kappa shape index (κ3) is 6.74. The first kappa shape index (κ1) is 13.7. The summed E-state index contributed by atoms with van der Waals surface area (Å²) in [4.78, 5) is 11.4. The van der Waals surface area contributed by atoms with Crippen LogP contribution >= 0.6 is 0 Å². The van der Waals surface area contributed by atoms with E-state index in [4.69, 9.17) is 9.47 Å². The number of benzene rings is 1. The van der Waals surface area contributed by atoms with Gasteiger partial charge >= 0.3 is 5.97 Å². The van der Waals surface area contributed by atoms with Crippen LogP contribution in [0.15, 0.2) is 30.3 Å². The van der Waals surface area contributed by atoms with Crippen molar-refractivity contribution in [3.63, 3.8) is 0 Å². The molecule has 0 N–H and O–H groups in total. The summed E-state index contributed by atoms with van der Waals surface area (Å²) in [5, 5.41) is 0. The highest BCUT2D eigenvalue weighted by atomic mass is 16.6. The Morgan fingerprint density at radius 1 is 1.18 bits per heavy atom. The van der Waals surface area contributed by atoms with Crippen LogP contribution in [-0.2, 0) is 20.7 Å². The number of aryl methyl sites for hydroxylation is 1. The van der Waals surface area contributed by atoms with Crippen LogP contribution in [0.2, 0.25) is 0 Å². The molecule has 3 heteroatoms. The fourth-order valence-corrected chi connectivity index (χ4v) is 1.40. The van der Waals surface area contributed by atoms with E-state index >= 15 is 0 Å². The minimum Gasteiger partial charge on any atom is -0.463 e. The van der Waals surface area contributed by atoms with E-state index in [1.807, 2.05) is 44.2 Å². The van der Waals surface area contributed by atoms with Gasteiger partial charge in [0.2, 0.25) is 0 Å². The molecule has 0 atom stereocenters. The molecule has 0 unspecified atom stereocenters. The number of rotatable bonds is 7. The average molecular weight is 236 g/mol. The summed E-state index contributed by atoms with van der Waals surface area (Å²) in [7, 11) is 0. The second kappa shape index (κ2) is 7.85. The maximum absolute atomic E-state index is 11.4. The lowest BCUT2D eigenvalue weighted by Crippen LogP contribution is -2.13. The van der Waals surface area contributed by atoms with Gasteiger partial charge in [0.05, 0.1) is 12.7 Å². The number of hydrogen-bond acceptors (Lipinski definition) is 3. The fourth-order valence-electron chi connectivity index (χ4n) is 1.40. The third-order valence-electron chi connectivity index (χ3n) is 2.26. The first-order chi connectivity index (χ1) is 8.18. The molecule has 0 aliphatic carbocycles. The quantitative estimate of drug-likeness (QED) is 0.539. The minimum atomic E-state index is -0.166. The lowest BCUT2D eigenvalue weighted by Gasteiger charge is -2.08. The van der Waals surface area contributed by atoms with Gasteiger partial charge in [0.15, 0.2) is 0 Å². The molecule has 0 spiro atoms. The van der Waals surface area contributed by atoms with Gasteiger partial charge in [0, 0.05) is 6.42 Å². The zero-order valence-electron chi connectivity index (χ0n) is 10.5. The van der Waals surface area contributed by atoms with Gasteiger partial charge in [-0.1, -0.05) is 30.3 Å². The lowest BCUT2D eigenvalue weighted by atomic mass is 10.1. The summed E-state index contributed by atoms with van der Waals surface area (Å²) < 4.78 is 10.3. The van der Waals surface area contributed by atoms with Crippen molar-refractivity contribution in [3.8, 4) is 0 Å². The molecule has 1 aromatic rings. The summed E-state index contributed by atoms with van der Waals surface area (Å²) in [5.41, 5.74) is 1.16. The predicted molar refractivity (Wildman–Crippen MR) is 66.8 cm³/mol. The molecule has 1 aromatic carbocycles. The number of carbonyl (C=O) groups excluding carboxylic acids is 1. The lowest BCUT2D eigenvalue weighted by molar-refractivity contribution is -0.145. The SMILES string of the molecule is CC(C)OCCOC(=O)CCc1ccccc1. The highest BCUT2D eigenvalue weighted by molar-refractivity contribution is 5.69. The number of carbonyl (C=O) groups is 1. The van der Waals surface area contributed by atoms with Crippen LogP contribution in [0.4, 0.5) is 0 Å². The molecule has 0 amide bonds. The van der Waals surface area contributed by atoms with Crippen molar-refractivity contribution in [2.24, 2.45) is 0 Å². The number of hydrogen-bond donors (Lipinski definition) is 0. The van der Waals surface area contributed by atoms with Crippen molar-refractivity contribution in [3.05, 3.63) is 35.9 Å². The Hall–Kier alpha value is -1.35. The van der Waals surface area contributed by atoms with Crippen LogP contribution in [0, 0.1) is 0 Å². The molecule has 1 rings (SSSR count). The minimum absolute atomic E-state index is 0.166. The molecule has 3 nitrogen and oxygen atoms in total. The van der Waals surface area contributed by atoms with Crippen LogP contribution in [0.1, 0.15) is 25.8 Å². The van der Waals surface area contributed by atoms with Gasteiger partial charge in [-0.2, -0.15) is 0 Å². The van der Waals surface area contributed by atoms with Gasteiger partial charge in [0.25, 0.3) is 0 Å². The van der Waals surface area contributed by atoms with Gasteiger partial charge in [-0.25, -0.2) is 0 Å². The van der Waals surface area contributed by atoms with Crippen molar-refractivity contribution in [2.45, 2.75) is 32.8 Å². The van der Waals surface area contributed by atoms with Gasteiger partial charge in [-0.3, -0.25) is 4.79 Å². The molecule has 0 saturated carbocycles. The third-order valence-corrected chi connectivity index (χ3v) is 2.26. The van der Waals surface area contributed by atoms with Gasteiger partial charge in [-0.15, -0.1) is 0 Å². The van der Waals surface area contributed by atoms with Gasteiger partial charge in [-0.05, 0) is 25.8 Å². The second-order valence-corrected chi connectivity index (χ2v) is 4.13. The average Bonchev–Trinajstić information content (AvgIpc) is 2.33. The van der Waals surface area contributed by atoms with Crippen molar-refractivity contribution in [2.75, 3.05) is 13.2 Å². The summed E-state index contributed by atoms with van der Waals surface area (Å²) in [5.74, 6) is -0.166. The van der Waals surface area contributed by atoms with Gasteiger partial charge < -0.3 is 9.47 Å². The van der Waals surface area contributed by atoms with E-state index in [0.717, 1.165) is 12.0 Å². The molecular formula is C14H20O3. The Kier molecular flexibility index (Phi) is 6.33. The Morgan fingerprint density at radius 2 is 1.88 bits per heavy atom. The molecule has 94 valence electrons. The molecule has 17 heavy (non-hydrogen) atoms. The number of esters is 1. The van der Waals surface area contributed by atoms with Crippen molar-refractivity contribution in [1.29, 1.82) is 0 Å². The Morgan fingerprint density at radius 3 is 2.53 bits per heavy atom. The van der Waals surface area contributed by atoms with Crippen LogP contribution in [0.3, 0.4) is 0 Å². The smallest absolute Gasteiger partial charge is 0.306 e. The molecule has 0 radical (unpaired) electrons. The molecule has 0 heterocycles. The molecule has 0 aliphatic rings. The summed E-state index contributed by atoms with van der Waals surface area (Å²) in [6.07, 6.45) is 1.33. The molecule has 0 saturated heterocycles. The van der Waals surface area contributed by atoms with Crippen molar-refractivity contribution < 1.29 is 14.3 Å². The largest absolute Gasteiger partial charge is 0.463 e. The first-order valence-electron chi connectivity index (χ1n) is 5.99. The van der Waals surface area contributed by atoms with E-state index in [1.165, 1.54) is 0 Å². The highest BCUT2D eigenvalue weighted by Gasteiger charge is 2.03. The maximum atomic E-state index is 11.4. The van der Waals surface area contributed by atoms with Crippen LogP contribution < -0.4 is 0 Å². The summed E-state index contributed by atoms with van der Waals surface area (Å²) in [6, 6.07) is 9.92.